The molecular formula is C16H24N2O2. The molecule has 1 aliphatic heterocycles. The first-order chi connectivity index (χ1) is 9.43. The highest BCUT2D eigenvalue weighted by Crippen LogP contribution is 2.36. The first-order valence-electron chi connectivity index (χ1n) is 7.30. The number of carbonyl (C=O) groups excluding carboxylic acids is 1. The summed E-state index contributed by atoms with van der Waals surface area (Å²) in [6.07, 6.45) is 0.411. The van der Waals surface area contributed by atoms with Crippen molar-refractivity contribution in [2.45, 2.75) is 46.3 Å². The van der Waals surface area contributed by atoms with E-state index in [-0.39, 0.29) is 24.0 Å². The van der Waals surface area contributed by atoms with Crippen LogP contribution >= 0.6 is 0 Å². The third kappa shape index (κ3) is 2.80. The largest absolute Gasteiger partial charge is 0.478 e. The van der Waals surface area contributed by atoms with Crippen molar-refractivity contribution < 1.29 is 9.53 Å². The van der Waals surface area contributed by atoms with Crippen molar-refractivity contribution in [2.75, 3.05) is 11.4 Å². The van der Waals surface area contributed by atoms with Crippen molar-refractivity contribution >= 4 is 11.6 Å². The molecule has 0 spiro atoms. The molecule has 0 aromatic heterocycles. The molecule has 1 aromatic rings. The fourth-order valence-corrected chi connectivity index (χ4v) is 2.58. The van der Waals surface area contributed by atoms with E-state index in [0.29, 0.717) is 6.54 Å². The second kappa shape index (κ2) is 5.83. The molecule has 0 saturated carbocycles. The number of benzene rings is 1. The molecule has 1 aliphatic rings. The van der Waals surface area contributed by atoms with E-state index in [1.165, 1.54) is 0 Å². The Bertz CT molecular complexity index is 497. The van der Waals surface area contributed by atoms with Crippen LogP contribution in [0.25, 0.3) is 0 Å². The van der Waals surface area contributed by atoms with Gasteiger partial charge in [0.25, 0.3) is 5.91 Å². The number of fused-ring (bicyclic) bond motifs is 1. The van der Waals surface area contributed by atoms with Crippen molar-refractivity contribution in [3.63, 3.8) is 0 Å². The standard InChI is InChI=1S/C16H24N2O2/c1-5-18-13-9-12(8-11(4)17)6-7-14(13)20-15(10(2)3)16(18)19/h6-7,9-11,15H,5,8,17H2,1-4H3. The van der Waals surface area contributed by atoms with Gasteiger partial charge in [0.1, 0.15) is 5.75 Å². The molecule has 20 heavy (non-hydrogen) atoms. The van der Waals surface area contributed by atoms with E-state index in [4.69, 9.17) is 10.5 Å². The maximum Gasteiger partial charge on any atom is 0.268 e. The van der Waals surface area contributed by atoms with Gasteiger partial charge in [0.2, 0.25) is 0 Å². The Hall–Kier alpha value is -1.55. The first kappa shape index (κ1) is 14.9. The molecule has 0 radical (unpaired) electrons. The maximum absolute atomic E-state index is 12.5. The molecule has 0 bridgehead atoms. The summed E-state index contributed by atoms with van der Waals surface area (Å²) in [5.41, 5.74) is 7.85. The average Bonchev–Trinajstić information content (AvgIpc) is 2.37. The van der Waals surface area contributed by atoms with Crippen LogP contribution in [0.3, 0.4) is 0 Å². The van der Waals surface area contributed by atoms with Gasteiger partial charge in [-0.05, 0) is 43.9 Å². The van der Waals surface area contributed by atoms with Gasteiger partial charge in [-0.15, -0.1) is 0 Å². The van der Waals surface area contributed by atoms with Crippen molar-refractivity contribution in [3.8, 4) is 5.75 Å². The first-order valence-corrected chi connectivity index (χ1v) is 7.30. The van der Waals surface area contributed by atoms with Gasteiger partial charge in [-0.25, -0.2) is 0 Å². The highest BCUT2D eigenvalue weighted by molar-refractivity contribution is 6.00. The molecule has 1 aromatic carbocycles. The van der Waals surface area contributed by atoms with Crippen LogP contribution in [0.5, 0.6) is 5.75 Å². The van der Waals surface area contributed by atoms with Crippen molar-refractivity contribution in [2.24, 2.45) is 11.7 Å². The monoisotopic (exact) mass is 276 g/mol. The lowest BCUT2D eigenvalue weighted by Crippen LogP contribution is -2.48. The zero-order valence-electron chi connectivity index (χ0n) is 12.7. The Morgan fingerprint density at radius 2 is 2.05 bits per heavy atom. The smallest absolute Gasteiger partial charge is 0.268 e. The molecule has 0 saturated heterocycles. The highest BCUT2D eigenvalue weighted by Gasteiger charge is 2.35. The summed E-state index contributed by atoms with van der Waals surface area (Å²) in [4.78, 5) is 14.3. The van der Waals surface area contributed by atoms with Gasteiger partial charge in [0, 0.05) is 12.6 Å². The molecule has 4 nitrogen and oxygen atoms in total. The second-order valence-electron chi connectivity index (χ2n) is 5.85. The average molecular weight is 276 g/mol. The molecule has 2 rings (SSSR count). The number of anilines is 1. The van der Waals surface area contributed by atoms with Crippen LogP contribution in [-0.4, -0.2) is 24.6 Å². The highest BCUT2D eigenvalue weighted by atomic mass is 16.5. The van der Waals surface area contributed by atoms with E-state index >= 15 is 0 Å². The fourth-order valence-electron chi connectivity index (χ4n) is 2.58. The van der Waals surface area contributed by atoms with Crippen molar-refractivity contribution in [3.05, 3.63) is 23.8 Å². The SMILES string of the molecule is CCN1C(=O)C(C(C)C)Oc2ccc(CC(C)N)cc21. The van der Waals surface area contributed by atoms with Crippen LogP contribution < -0.4 is 15.4 Å². The number of hydrogen-bond acceptors (Lipinski definition) is 3. The summed E-state index contributed by atoms with van der Waals surface area (Å²) in [6, 6.07) is 6.11. The van der Waals surface area contributed by atoms with Gasteiger partial charge >= 0.3 is 0 Å². The van der Waals surface area contributed by atoms with E-state index in [1.54, 1.807) is 0 Å². The third-order valence-electron chi connectivity index (χ3n) is 3.56. The number of nitrogens with two attached hydrogens (primary N) is 1. The number of likely N-dealkylation sites (N-methyl/N-ethyl adjacent to an activating group) is 1. The Morgan fingerprint density at radius 3 is 2.60 bits per heavy atom. The van der Waals surface area contributed by atoms with Crippen LogP contribution in [0, 0.1) is 5.92 Å². The number of hydrogen-bond donors (Lipinski definition) is 1. The molecule has 110 valence electrons. The number of rotatable bonds is 4. The van der Waals surface area contributed by atoms with Gasteiger partial charge in [0.15, 0.2) is 6.10 Å². The molecular weight excluding hydrogens is 252 g/mol. The van der Waals surface area contributed by atoms with Gasteiger partial charge in [-0.1, -0.05) is 19.9 Å². The zero-order valence-corrected chi connectivity index (χ0v) is 12.7. The minimum atomic E-state index is -0.387. The lowest BCUT2D eigenvalue weighted by atomic mass is 10.0. The minimum absolute atomic E-state index is 0.0490. The fraction of sp³-hybridized carbons (Fsp3) is 0.562. The van der Waals surface area contributed by atoms with E-state index in [2.05, 4.69) is 0 Å². The molecule has 0 aliphatic carbocycles. The summed E-state index contributed by atoms with van der Waals surface area (Å²) >= 11 is 0. The number of carbonyl (C=O) groups is 1. The second-order valence-corrected chi connectivity index (χ2v) is 5.85. The van der Waals surface area contributed by atoms with Crippen molar-refractivity contribution in [1.82, 2.24) is 0 Å². The molecule has 4 heteroatoms. The molecule has 2 unspecified atom stereocenters. The Labute approximate surface area is 120 Å². The van der Waals surface area contributed by atoms with E-state index in [1.807, 2.05) is 50.8 Å². The predicted octanol–water partition coefficient (Wildman–Crippen LogP) is 2.35. The van der Waals surface area contributed by atoms with Crippen LogP contribution in [0.2, 0.25) is 0 Å². The minimum Gasteiger partial charge on any atom is -0.478 e. The van der Waals surface area contributed by atoms with Crippen LogP contribution in [-0.2, 0) is 11.2 Å². The summed E-state index contributed by atoms with van der Waals surface area (Å²) in [7, 11) is 0. The van der Waals surface area contributed by atoms with Gasteiger partial charge in [-0.2, -0.15) is 0 Å². The summed E-state index contributed by atoms with van der Waals surface area (Å²) in [5, 5.41) is 0. The summed E-state index contributed by atoms with van der Waals surface area (Å²) in [5.74, 6) is 1.000. The molecule has 1 amide bonds. The lowest BCUT2D eigenvalue weighted by molar-refractivity contribution is -0.128. The third-order valence-corrected chi connectivity index (χ3v) is 3.56. The molecule has 1 heterocycles. The maximum atomic E-state index is 12.5. The Balaban J connectivity index is 2.38. The van der Waals surface area contributed by atoms with Crippen LogP contribution in [0.1, 0.15) is 33.3 Å². The quantitative estimate of drug-likeness (QED) is 0.918. The van der Waals surface area contributed by atoms with E-state index in [9.17, 15) is 4.79 Å². The Kier molecular flexibility index (Phi) is 4.33. The van der Waals surface area contributed by atoms with Gasteiger partial charge in [-0.3, -0.25) is 4.79 Å². The predicted molar refractivity (Wildman–Crippen MR) is 81.1 cm³/mol. The van der Waals surface area contributed by atoms with Crippen molar-refractivity contribution in [1.29, 1.82) is 0 Å². The lowest BCUT2D eigenvalue weighted by Gasteiger charge is -2.35. The van der Waals surface area contributed by atoms with Crippen LogP contribution in [0.15, 0.2) is 18.2 Å². The molecule has 0 fully saturated rings. The van der Waals surface area contributed by atoms with E-state index < -0.39 is 0 Å². The topological polar surface area (TPSA) is 55.6 Å². The Morgan fingerprint density at radius 1 is 1.35 bits per heavy atom. The van der Waals surface area contributed by atoms with Crippen LogP contribution in [0.4, 0.5) is 5.69 Å². The summed E-state index contributed by atoms with van der Waals surface area (Å²) in [6.45, 7) is 8.63. The number of amides is 1. The number of ether oxygens (including phenoxy) is 1. The zero-order chi connectivity index (χ0) is 14.9. The van der Waals surface area contributed by atoms with E-state index in [0.717, 1.165) is 23.4 Å². The number of nitrogens with zero attached hydrogens (tertiary/aromatic N) is 1. The van der Waals surface area contributed by atoms with Gasteiger partial charge in [0.05, 0.1) is 5.69 Å². The van der Waals surface area contributed by atoms with Gasteiger partial charge < -0.3 is 15.4 Å². The molecule has 2 N–H and O–H groups in total. The molecule has 2 atom stereocenters. The summed E-state index contributed by atoms with van der Waals surface area (Å²) < 4.78 is 5.88. The normalized spacial score (nSPS) is 19.8.